The second-order valence-electron chi connectivity index (χ2n) is 9.37. The molecular weight excluding hydrogens is 418 g/mol. The number of hydrogen-bond acceptors (Lipinski definition) is 3. The molecule has 4 nitrogen and oxygen atoms in total. The van der Waals surface area contributed by atoms with Crippen molar-refractivity contribution in [2.75, 3.05) is 18.0 Å². The normalized spacial score (nSPS) is 16.9. The number of benzene rings is 3. The molecule has 3 aromatic carbocycles. The van der Waals surface area contributed by atoms with Gasteiger partial charge in [0.1, 0.15) is 5.82 Å². The number of anilines is 1. The van der Waals surface area contributed by atoms with Crippen molar-refractivity contribution in [2.24, 2.45) is 5.92 Å². The molecule has 0 saturated carbocycles. The van der Waals surface area contributed by atoms with Gasteiger partial charge in [-0.05, 0) is 48.4 Å². The molecule has 0 spiro atoms. The van der Waals surface area contributed by atoms with Crippen LogP contribution in [0.5, 0.6) is 0 Å². The number of para-hydroxylation sites is 1. The first kappa shape index (κ1) is 22.1. The minimum Gasteiger partial charge on any atom is -0.356 e. The lowest BCUT2D eigenvalue weighted by Gasteiger charge is -2.32. The van der Waals surface area contributed by atoms with Crippen LogP contribution in [0, 0.1) is 5.92 Å². The molecule has 0 radical (unpaired) electrons. The number of pyridine rings is 1. The van der Waals surface area contributed by atoms with Crippen molar-refractivity contribution in [3.63, 3.8) is 0 Å². The molecule has 0 unspecified atom stereocenters. The Morgan fingerprint density at radius 3 is 2.47 bits per heavy atom. The molecule has 5 rings (SSSR count). The molecule has 1 amide bonds. The van der Waals surface area contributed by atoms with Crippen molar-refractivity contribution in [3.05, 3.63) is 108 Å². The van der Waals surface area contributed by atoms with Crippen LogP contribution in [-0.2, 0) is 6.42 Å². The zero-order valence-electron chi connectivity index (χ0n) is 19.7. The van der Waals surface area contributed by atoms with Gasteiger partial charge in [0.2, 0.25) is 0 Å². The number of carbonyl (C=O) groups excluding carboxylic acids is 1. The molecule has 1 saturated heterocycles. The van der Waals surface area contributed by atoms with Crippen LogP contribution in [0.3, 0.4) is 0 Å². The Morgan fingerprint density at radius 1 is 1.00 bits per heavy atom. The standard InChI is InChI=1S/C30H31N3O/c1-22-11-10-18-33(21-22)29-20-26(25-16-8-9-17-27(25)31-29)30(34)32-28(24-14-6-3-7-15-24)19-23-12-4-2-5-13-23/h2-9,12-17,20,22,28H,10-11,18-19,21H2,1H3,(H,32,34)/t22-,28-/m1/s1. The first-order chi connectivity index (χ1) is 16.7. The summed E-state index contributed by atoms with van der Waals surface area (Å²) in [4.78, 5) is 21.0. The number of hydrogen-bond donors (Lipinski definition) is 1. The molecule has 0 aliphatic carbocycles. The largest absolute Gasteiger partial charge is 0.356 e. The molecule has 0 bridgehead atoms. The highest BCUT2D eigenvalue weighted by molar-refractivity contribution is 6.07. The van der Waals surface area contributed by atoms with E-state index in [0.717, 1.165) is 48.2 Å². The highest BCUT2D eigenvalue weighted by Gasteiger charge is 2.22. The summed E-state index contributed by atoms with van der Waals surface area (Å²) in [6.07, 6.45) is 3.14. The fraction of sp³-hybridized carbons (Fsp3) is 0.267. The minimum absolute atomic E-state index is 0.0605. The maximum Gasteiger partial charge on any atom is 0.252 e. The van der Waals surface area contributed by atoms with Crippen LogP contribution in [0.2, 0.25) is 0 Å². The highest BCUT2D eigenvalue weighted by atomic mass is 16.1. The van der Waals surface area contributed by atoms with Gasteiger partial charge in [0.15, 0.2) is 0 Å². The maximum absolute atomic E-state index is 13.8. The minimum atomic E-state index is -0.124. The Morgan fingerprint density at radius 2 is 1.71 bits per heavy atom. The Bertz CT molecular complexity index is 1260. The summed E-state index contributed by atoms with van der Waals surface area (Å²) >= 11 is 0. The lowest BCUT2D eigenvalue weighted by atomic mass is 9.97. The molecule has 2 heterocycles. The monoisotopic (exact) mass is 449 g/mol. The van der Waals surface area contributed by atoms with Crippen LogP contribution < -0.4 is 10.2 Å². The molecule has 2 atom stereocenters. The quantitative estimate of drug-likeness (QED) is 0.382. The smallest absolute Gasteiger partial charge is 0.252 e. The number of rotatable bonds is 6. The van der Waals surface area contributed by atoms with Crippen molar-refractivity contribution in [2.45, 2.75) is 32.2 Å². The van der Waals surface area contributed by atoms with E-state index in [1.165, 1.54) is 12.0 Å². The van der Waals surface area contributed by atoms with Crippen LogP contribution in [0.4, 0.5) is 5.82 Å². The van der Waals surface area contributed by atoms with Gasteiger partial charge in [-0.15, -0.1) is 0 Å². The van der Waals surface area contributed by atoms with Gasteiger partial charge in [-0.2, -0.15) is 0 Å². The first-order valence-corrected chi connectivity index (χ1v) is 12.2. The summed E-state index contributed by atoms with van der Waals surface area (Å²) in [6, 6.07) is 30.4. The second-order valence-corrected chi connectivity index (χ2v) is 9.37. The molecule has 4 aromatic rings. The first-order valence-electron chi connectivity index (χ1n) is 12.2. The van der Waals surface area contributed by atoms with Gasteiger partial charge in [0.05, 0.1) is 17.1 Å². The third-order valence-corrected chi connectivity index (χ3v) is 6.72. The summed E-state index contributed by atoms with van der Waals surface area (Å²) < 4.78 is 0. The van der Waals surface area contributed by atoms with Gasteiger partial charge in [-0.3, -0.25) is 4.79 Å². The lowest BCUT2D eigenvalue weighted by molar-refractivity contribution is 0.0938. The zero-order valence-corrected chi connectivity index (χ0v) is 19.7. The zero-order chi connectivity index (χ0) is 23.3. The van der Waals surface area contributed by atoms with E-state index in [2.05, 4.69) is 41.4 Å². The van der Waals surface area contributed by atoms with Crippen molar-refractivity contribution in [3.8, 4) is 0 Å². The van der Waals surface area contributed by atoms with Crippen molar-refractivity contribution >= 4 is 22.6 Å². The highest BCUT2D eigenvalue weighted by Crippen LogP contribution is 2.28. The molecule has 1 aromatic heterocycles. The molecule has 4 heteroatoms. The number of piperidine rings is 1. The molecular formula is C30H31N3O. The average Bonchev–Trinajstić information content (AvgIpc) is 2.88. The molecule has 1 N–H and O–H groups in total. The van der Waals surface area contributed by atoms with Gasteiger partial charge in [-0.1, -0.05) is 85.8 Å². The van der Waals surface area contributed by atoms with E-state index in [-0.39, 0.29) is 11.9 Å². The number of nitrogens with zero attached hydrogens (tertiary/aromatic N) is 2. The van der Waals surface area contributed by atoms with E-state index in [9.17, 15) is 4.79 Å². The molecule has 1 aliphatic heterocycles. The van der Waals surface area contributed by atoms with Gasteiger partial charge < -0.3 is 10.2 Å². The lowest BCUT2D eigenvalue weighted by Crippen LogP contribution is -2.35. The van der Waals surface area contributed by atoms with Crippen LogP contribution in [0.25, 0.3) is 10.9 Å². The molecule has 1 aliphatic rings. The second kappa shape index (κ2) is 10.1. The number of carbonyl (C=O) groups is 1. The van der Waals surface area contributed by atoms with Crippen molar-refractivity contribution in [1.29, 1.82) is 0 Å². The third-order valence-electron chi connectivity index (χ3n) is 6.72. The van der Waals surface area contributed by atoms with Crippen LogP contribution >= 0.6 is 0 Å². The fourth-order valence-corrected chi connectivity index (χ4v) is 4.93. The number of nitrogens with one attached hydrogen (secondary N) is 1. The average molecular weight is 450 g/mol. The Balaban J connectivity index is 1.49. The predicted molar refractivity (Wildman–Crippen MR) is 139 cm³/mol. The fourth-order valence-electron chi connectivity index (χ4n) is 4.93. The van der Waals surface area contributed by atoms with E-state index >= 15 is 0 Å². The number of amides is 1. The van der Waals surface area contributed by atoms with Gasteiger partial charge in [-0.25, -0.2) is 4.98 Å². The number of aromatic nitrogens is 1. The topological polar surface area (TPSA) is 45.2 Å². The van der Waals surface area contributed by atoms with E-state index in [1.54, 1.807) is 0 Å². The van der Waals surface area contributed by atoms with Crippen molar-refractivity contribution < 1.29 is 4.79 Å². The van der Waals surface area contributed by atoms with Gasteiger partial charge >= 0.3 is 0 Å². The number of fused-ring (bicyclic) bond motifs is 1. The Kier molecular flexibility index (Phi) is 6.57. The van der Waals surface area contributed by atoms with Crippen LogP contribution in [0.1, 0.15) is 47.3 Å². The molecule has 34 heavy (non-hydrogen) atoms. The SMILES string of the molecule is C[C@@H]1CCCN(c2cc(C(=O)N[C@H](Cc3ccccc3)c3ccccc3)c3ccccc3n2)C1. The van der Waals surface area contributed by atoms with E-state index in [1.807, 2.05) is 66.7 Å². The Hall–Kier alpha value is -3.66. The maximum atomic E-state index is 13.8. The van der Waals surface area contributed by atoms with Crippen LogP contribution in [0.15, 0.2) is 91.0 Å². The molecule has 1 fully saturated rings. The molecule has 172 valence electrons. The predicted octanol–water partition coefficient (Wildman–Crippen LogP) is 6.18. The summed E-state index contributed by atoms with van der Waals surface area (Å²) in [5.74, 6) is 1.47. The third kappa shape index (κ3) is 4.96. The summed E-state index contributed by atoms with van der Waals surface area (Å²) in [6.45, 7) is 4.25. The van der Waals surface area contributed by atoms with Crippen LogP contribution in [-0.4, -0.2) is 24.0 Å². The van der Waals surface area contributed by atoms with E-state index in [4.69, 9.17) is 4.98 Å². The summed E-state index contributed by atoms with van der Waals surface area (Å²) in [7, 11) is 0. The van der Waals surface area contributed by atoms with Crippen molar-refractivity contribution in [1.82, 2.24) is 10.3 Å². The van der Waals surface area contributed by atoms with E-state index in [0.29, 0.717) is 11.5 Å². The van der Waals surface area contributed by atoms with E-state index < -0.39 is 0 Å². The van der Waals surface area contributed by atoms with Gasteiger partial charge in [0, 0.05) is 18.5 Å². The Labute approximate surface area is 201 Å². The summed E-state index contributed by atoms with van der Waals surface area (Å²) in [5.41, 5.74) is 3.85. The van der Waals surface area contributed by atoms with Gasteiger partial charge in [0.25, 0.3) is 5.91 Å². The summed E-state index contributed by atoms with van der Waals surface area (Å²) in [5, 5.41) is 4.23.